The van der Waals surface area contributed by atoms with E-state index in [1.54, 1.807) is 11.3 Å². The first-order valence-electron chi connectivity index (χ1n) is 10.9. The topological polar surface area (TPSA) is 70.2 Å². The van der Waals surface area contributed by atoms with Crippen molar-refractivity contribution in [1.82, 2.24) is 19.4 Å². The van der Waals surface area contributed by atoms with Gasteiger partial charge in [-0.2, -0.15) is 9.97 Å². The Morgan fingerprint density at radius 2 is 1.82 bits per heavy atom. The van der Waals surface area contributed by atoms with E-state index < -0.39 is 0 Å². The molecule has 2 aromatic carbocycles. The molecule has 8 heteroatoms. The van der Waals surface area contributed by atoms with E-state index >= 15 is 0 Å². The number of carbonyl (C=O) groups excluding carboxylic acids is 1. The molecule has 0 atom stereocenters. The van der Waals surface area contributed by atoms with Crippen LogP contribution >= 0.6 is 11.3 Å². The quantitative estimate of drug-likeness (QED) is 0.260. The van der Waals surface area contributed by atoms with Crippen molar-refractivity contribution in [1.29, 1.82) is 0 Å². The summed E-state index contributed by atoms with van der Waals surface area (Å²) >= 11 is 1.59. The number of aromatic nitrogens is 2. The van der Waals surface area contributed by atoms with Crippen LogP contribution < -0.4 is 15.1 Å². The van der Waals surface area contributed by atoms with Gasteiger partial charge in [-0.25, -0.2) is 4.48 Å². The zero-order valence-corrected chi connectivity index (χ0v) is 20.7. The van der Waals surface area contributed by atoms with Gasteiger partial charge in [0, 0.05) is 17.9 Å². The lowest BCUT2D eigenvalue weighted by molar-refractivity contribution is -0.111. The van der Waals surface area contributed by atoms with Crippen LogP contribution in [0, 0.1) is 0 Å². The van der Waals surface area contributed by atoms with Crippen LogP contribution in [0.1, 0.15) is 5.56 Å². The summed E-state index contributed by atoms with van der Waals surface area (Å²) in [6.45, 7) is 4.40. The Bertz CT molecular complexity index is 1330. The summed E-state index contributed by atoms with van der Waals surface area (Å²) in [7, 11) is 8.30. The molecule has 0 spiro atoms. The van der Waals surface area contributed by atoms with Crippen molar-refractivity contribution in [2.45, 2.75) is 6.54 Å². The lowest BCUT2D eigenvalue weighted by Crippen LogP contribution is -2.36. The first kappa shape index (κ1) is 23.6. The first-order valence-corrected chi connectivity index (χ1v) is 11.8. The van der Waals surface area contributed by atoms with Crippen LogP contribution in [0.15, 0.2) is 72.6 Å². The molecule has 2 heterocycles. The van der Waals surface area contributed by atoms with Crippen molar-refractivity contribution >= 4 is 56.3 Å². The maximum atomic E-state index is 11.7. The van der Waals surface area contributed by atoms with Gasteiger partial charge in [-0.05, 0) is 67.5 Å². The third-order valence-electron chi connectivity index (χ3n) is 5.45. The molecular weight excluding hydrogens is 444 g/mol. The SMILES string of the molecule is C=CC(=O)Nc1cccc(Nc2nc([N+](C)(C)c3ccc(CN(C)C)cc3)nc3ccsc23)c1. The van der Waals surface area contributed by atoms with Gasteiger partial charge in [0.05, 0.1) is 24.3 Å². The zero-order chi connectivity index (χ0) is 24.3. The molecule has 4 rings (SSSR count). The van der Waals surface area contributed by atoms with Crippen LogP contribution in [0.3, 0.4) is 0 Å². The molecule has 1 amide bonds. The molecule has 0 bridgehead atoms. The molecule has 0 aliphatic heterocycles. The molecule has 0 fully saturated rings. The van der Waals surface area contributed by atoms with E-state index in [1.165, 1.54) is 11.6 Å². The van der Waals surface area contributed by atoms with E-state index in [4.69, 9.17) is 9.97 Å². The summed E-state index contributed by atoms with van der Waals surface area (Å²) in [5, 5.41) is 8.23. The Labute approximate surface area is 204 Å². The highest BCUT2D eigenvalue weighted by Gasteiger charge is 2.28. The predicted molar refractivity (Wildman–Crippen MR) is 143 cm³/mol. The number of hydrogen-bond acceptors (Lipinski definition) is 6. The van der Waals surface area contributed by atoms with Gasteiger partial charge in [-0.3, -0.25) is 4.79 Å². The third-order valence-corrected chi connectivity index (χ3v) is 6.36. The highest BCUT2D eigenvalue weighted by atomic mass is 32.1. The number of benzene rings is 2. The summed E-state index contributed by atoms with van der Waals surface area (Å²) in [4.78, 5) is 23.7. The average Bonchev–Trinajstić information content (AvgIpc) is 3.28. The summed E-state index contributed by atoms with van der Waals surface area (Å²) < 4.78 is 1.38. The highest BCUT2D eigenvalue weighted by molar-refractivity contribution is 7.17. The van der Waals surface area contributed by atoms with Crippen LogP contribution in [0.4, 0.5) is 28.8 Å². The number of quaternary nitrogens is 1. The molecule has 0 aliphatic rings. The molecule has 0 unspecified atom stereocenters. The van der Waals surface area contributed by atoms with Gasteiger partial charge in [0.2, 0.25) is 5.91 Å². The van der Waals surface area contributed by atoms with Crippen LogP contribution in [-0.2, 0) is 11.3 Å². The minimum Gasteiger partial charge on any atom is -0.339 e. The molecule has 0 saturated heterocycles. The number of fused-ring (bicyclic) bond motifs is 1. The van der Waals surface area contributed by atoms with Gasteiger partial charge in [-0.1, -0.05) is 24.8 Å². The minimum atomic E-state index is -0.252. The maximum absolute atomic E-state index is 11.7. The van der Waals surface area contributed by atoms with E-state index in [-0.39, 0.29) is 5.91 Å². The fourth-order valence-corrected chi connectivity index (χ4v) is 4.42. The largest absolute Gasteiger partial charge is 0.339 e. The molecule has 174 valence electrons. The highest BCUT2D eigenvalue weighted by Crippen LogP contribution is 2.35. The molecule has 0 radical (unpaired) electrons. The van der Waals surface area contributed by atoms with Crippen molar-refractivity contribution in [3.05, 3.63) is 78.2 Å². The molecule has 2 N–H and O–H groups in total. The lowest BCUT2D eigenvalue weighted by Gasteiger charge is -2.26. The summed E-state index contributed by atoms with van der Waals surface area (Å²) in [5.74, 6) is 1.17. The Kier molecular flexibility index (Phi) is 6.74. The summed E-state index contributed by atoms with van der Waals surface area (Å²) in [6.07, 6.45) is 1.25. The Hall–Kier alpha value is -3.59. The standard InChI is InChI=1S/C26H28N6OS/c1-6-23(33)27-19-8-7-9-20(16-19)28-25-24-22(14-15-34-24)29-26(30-25)32(4,5)21-12-10-18(11-13-21)17-31(2)3/h6-16H,1,17H2,2-5H3,(H-,27,28,29,30,33)/p+1. The molecule has 34 heavy (non-hydrogen) atoms. The van der Waals surface area contributed by atoms with Crippen molar-refractivity contribution < 1.29 is 4.79 Å². The van der Waals surface area contributed by atoms with E-state index in [1.807, 2.05) is 35.7 Å². The zero-order valence-electron chi connectivity index (χ0n) is 19.9. The second kappa shape index (κ2) is 9.72. The van der Waals surface area contributed by atoms with E-state index in [0.717, 1.165) is 34.0 Å². The third kappa shape index (κ3) is 5.14. The molecule has 4 aromatic rings. The van der Waals surface area contributed by atoms with Crippen LogP contribution in [0.5, 0.6) is 0 Å². The van der Waals surface area contributed by atoms with Crippen LogP contribution in [0.2, 0.25) is 0 Å². The molecule has 0 aliphatic carbocycles. The average molecular weight is 474 g/mol. The van der Waals surface area contributed by atoms with Crippen LogP contribution in [-0.4, -0.2) is 49.0 Å². The van der Waals surface area contributed by atoms with Gasteiger partial charge in [-0.15, -0.1) is 11.3 Å². The molecule has 0 saturated carbocycles. The maximum Gasteiger partial charge on any atom is 0.336 e. The number of rotatable bonds is 8. The fraction of sp³-hybridized carbons (Fsp3) is 0.192. The smallest absolute Gasteiger partial charge is 0.336 e. The molecule has 7 nitrogen and oxygen atoms in total. The second-order valence-corrected chi connectivity index (χ2v) is 9.68. The summed E-state index contributed by atoms with van der Waals surface area (Å²) in [5.41, 5.74) is 4.75. The van der Waals surface area contributed by atoms with Crippen molar-refractivity contribution in [3.8, 4) is 0 Å². The van der Waals surface area contributed by atoms with E-state index in [2.05, 4.69) is 74.6 Å². The number of hydrogen-bond donors (Lipinski definition) is 2. The molecular formula is C26H29N6OS+. The molecule has 2 aromatic heterocycles. The van der Waals surface area contributed by atoms with Gasteiger partial charge >= 0.3 is 5.95 Å². The lowest BCUT2D eigenvalue weighted by atomic mass is 10.2. The number of nitrogens with zero attached hydrogens (tertiary/aromatic N) is 4. The van der Waals surface area contributed by atoms with Crippen LogP contribution in [0.25, 0.3) is 10.2 Å². The number of thiophene rings is 1. The minimum absolute atomic E-state index is 0.252. The monoisotopic (exact) mass is 473 g/mol. The predicted octanol–water partition coefficient (Wildman–Crippen LogP) is 5.52. The van der Waals surface area contributed by atoms with Crippen molar-refractivity contribution in [2.24, 2.45) is 0 Å². The number of amides is 1. The fourth-order valence-electron chi connectivity index (χ4n) is 3.65. The van der Waals surface area contributed by atoms with Crippen molar-refractivity contribution in [2.75, 3.05) is 38.8 Å². The van der Waals surface area contributed by atoms with Gasteiger partial charge in [0.15, 0.2) is 5.82 Å². The normalized spacial score (nSPS) is 11.6. The second-order valence-electron chi connectivity index (χ2n) is 8.76. The van der Waals surface area contributed by atoms with Gasteiger partial charge in [0.25, 0.3) is 0 Å². The van der Waals surface area contributed by atoms with E-state index in [0.29, 0.717) is 16.1 Å². The first-order chi connectivity index (χ1) is 16.3. The Morgan fingerprint density at radius 1 is 1.09 bits per heavy atom. The van der Waals surface area contributed by atoms with Gasteiger partial charge in [0.1, 0.15) is 5.69 Å². The van der Waals surface area contributed by atoms with Gasteiger partial charge < -0.3 is 15.5 Å². The Balaban J connectivity index is 1.68. The van der Waals surface area contributed by atoms with E-state index in [9.17, 15) is 4.79 Å². The Morgan fingerprint density at radius 3 is 2.53 bits per heavy atom. The number of carbonyl (C=O) groups is 1. The number of nitrogens with one attached hydrogen (secondary N) is 2. The summed E-state index contributed by atoms with van der Waals surface area (Å²) in [6, 6.07) is 18.1. The van der Waals surface area contributed by atoms with Crippen molar-refractivity contribution in [3.63, 3.8) is 0 Å². The number of anilines is 3.